The van der Waals surface area contributed by atoms with Crippen LogP contribution >= 0.6 is 23.4 Å². The standard InChI is InChI=1S/C29H30ClN3OS/c1-2-20-33-27(23-13-7-4-8-14-23)26(22-11-5-3-6-12-22)32-29(33)35-21-10-9-19-31-28(34)24-15-17-25(30)18-16-24/h3-8,11-18H,2,9-10,19-21H2,1H3,(H,31,34). The molecule has 0 bridgehead atoms. The molecule has 180 valence electrons. The Hall–Kier alpha value is -3.02. The van der Waals surface area contributed by atoms with Crippen LogP contribution in [0.1, 0.15) is 36.5 Å². The number of amides is 1. The van der Waals surface area contributed by atoms with Crippen LogP contribution in [0.2, 0.25) is 5.02 Å². The number of rotatable bonds is 11. The van der Waals surface area contributed by atoms with Crippen molar-refractivity contribution >= 4 is 29.3 Å². The molecular weight excluding hydrogens is 474 g/mol. The van der Waals surface area contributed by atoms with Crippen LogP contribution in [0, 0.1) is 0 Å². The van der Waals surface area contributed by atoms with Gasteiger partial charge in [-0.3, -0.25) is 4.79 Å². The average Bonchev–Trinajstić information content (AvgIpc) is 3.25. The topological polar surface area (TPSA) is 46.9 Å². The van der Waals surface area contributed by atoms with Gasteiger partial charge in [-0.1, -0.05) is 91.0 Å². The summed E-state index contributed by atoms with van der Waals surface area (Å²) < 4.78 is 2.37. The van der Waals surface area contributed by atoms with E-state index in [9.17, 15) is 4.79 Å². The number of nitrogens with one attached hydrogen (secondary N) is 1. The van der Waals surface area contributed by atoms with Gasteiger partial charge in [0.15, 0.2) is 5.16 Å². The molecule has 4 aromatic rings. The summed E-state index contributed by atoms with van der Waals surface area (Å²) in [5.74, 6) is 0.882. The second kappa shape index (κ2) is 12.6. The van der Waals surface area contributed by atoms with Gasteiger partial charge in [0.05, 0.1) is 11.4 Å². The van der Waals surface area contributed by atoms with Gasteiger partial charge in [0.25, 0.3) is 5.91 Å². The monoisotopic (exact) mass is 503 g/mol. The van der Waals surface area contributed by atoms with E-state index in [0.717, 1.165) is 48.0 Å². The molecule has 1 N–H and O–H groups in total. The van der Waals surface area contributed by atoms with Crippen LogP contribution in [-0.4, -0.2) is 27.8 Å². The Kier molecular flexibility index (Phi) is 9.04. The molecule has 0 atom stereocenters. The molecule has 6 heteroatoms. The lowest BCUT2D eigenvalue weighted by atomic mass is 10.0. The van der Waals surface area contributed by atoms with E-state index in [2.05, 4.69) is 65.3 Å². The van der Waals surface area contributed by atoms with E-state index in [-0.39, 0.29) is 5.91 Å². The molecular formula is C29H30ClN3OS. The number of hydrogen-bond donors (Lipinski definition) is 1. The van der Waals surface area contributed by atoms with Crippen molar-refractivity contribution in [2.75, 3.05) is 12.3 Å². The van der Waals surface area contributed by atoms with E-state index in [4.69, 9.17) is 16.6 Å². The molecule has 0 aliphatic rings. The summed E-state index contributed by atoms with van der Waals surface area (Å²) in [6.07, 6.45) is 2.94. The Morgan fingerprint density at radius 1 is 0.914 bits per heavy atom. The molecule has 1 heterocycles. The van der Waals surface area contributed by atoms with Crippen molar-refractivity contribution in [1.82, 2.24) is 14.9 Å². The maximum atomic E-state index is 12.3. The quantitative estimate of drug-likeness (QED) is 0.169. The Bertz CT molecular complexity index is 1220. The molecule has 0 unspecified atom stereocenters. The van der Waals surface area contributed by atoms with Crippen LogP contribution in [-0.2, 0) is 6.54 Å². The molecule has 3 aromatic carbocycles. The molecule has 1 amide bonds. The highest BCUT2D eigenvalue weighted by Gasteiger charge is 2.19. The van der Waals surface area contributed by atoms with Crippen LogP contribution in [0.25, 0.3) is 22.5 Å². The average molecular weight is 504 g/mol. The lowest BCUT2D eigenvalue weighted by Crippen LogP contribution is -2.24. The summed E-state index contributed by atoms with van der Waals surface area (Å²) in [5.41, 5.74) is 5.16. The van der Waals surface area contributed by atoms with E-state index in [1.165, 1.54) is 11.3 Å². The predicted molar refractivity (Wildman–Crippen MR) is 147 cm³/mol. The minimum Gasteiger partial charge on any atom is -0.352 e. The summed E-state index contributed by atoms with van der Waals surface area (Å²) in [7, 11) is 0. The fourth-order valence-electron chi connectivity index (χ4n) is 3.96. The minimum absolute atomic E-state index is 0.0622. The second-order valence-electron chi connectivity index (χ2n) is 8.29. The predicted octanol–water partition coefficient (Wildman–Crippen LogP) is 7.58. The first kappa shape index (κ1) is 25.1. The Labute approximate surface area is 216 Å². The summed E-state index contributed by atoms with van der Waals surface area (Å²) in [4.78, 5) is 17.4. The van der Waals surface area contributed by atoms with Crippen LogP contribution < -0.4 is 5.32 Å². The highest BCUT2D eigenvalue weighted by atomic mass is 35.5. The lowest BCUT2D eigenvalue weighted by molar-refractivity contribution is 0.0953. The zero-order valence-corrected chi connectivity index (χ0v) is 21.5. The number of nitrogens with zero attached hydrogens (tertiary/aromatic N) is 2. The number of carbonyl (C=O) groups excluding carboxylic acids is 1. The van der Waals surface area contributed by atoms with Crippen molar-refractivity contribution in [3.8, 4) is 22.5 Å². The molecule has 4 nitrogen and oxygen atoms in total. The number of unbranched alkanes of at least 4 members (excludes halogenated alkanes) is 1. The van der Waals surface area contributed by atoms with Crippen molar-refractivity contribution < 1.29 is 4.79 Å². The van der Waals surface area contributed by atoms with Gasteiger partial charge >= 0.3 is 0 Å². The highest BCUT2D eigenvalue weighted by Crippen LogP contribution is 2.36. The van der Waals surface area contributed by atoms with Crippen LogP contribution in [0.15, 0.2) is 90.1 Å². The number of hydrogen-bond acceptors (Lipinski definition) is 3. The largest absolute Gasteiger partial charge is 0.352 e. The van der Waals surface area contributed by atoms with Gasteiger partial charge in [-0.25, -0.2) is 4.98 Å². The molecule has 0 saturated carbocycles. The van der Waals surface area contributed by atoms with Gasteiger partial charge in [-0.2, -0.15) is 0 Å². The molecule has 0 fully saturated rings. The third kappa shape index (κ3) is 6.56. The molecule has 0 spiro atoms. The van der Waals surface area contributed by atoms with Crippen molar-refractivity contribution in [1.29, 1.82) is 0 Å². The summed E-state index contributed by atoms with van der Waals surface area (Å²) in [5, 5.41) is 4.67. The maximum Gasteiger partial charge on any atom is 0.251 e. The minimum atomic E-state index is -0.0622. The first-order valence-electron chi connectivity index (χ1n) is 12.0. The number of aromatic nitrogens is 2. The van der Waals surface area contributed by atoms with Crippen molar-refractivity contribution in [3.05, 3.63) is 95.5 Å². The fourth-order valence-corrected chi connectivity index (χ4v) is 5.11. The summed E-state index contributed by atoms with van der Waals surface area (Å²) in [6.45, 7) is 3.77. The fraction of sp³-hybridized carbons (Fsp3) is 0.241. The third-order valence-electron chi connectivity index (χ3n) is 5.67. The molecule has 0 aliphatic carbocycles. The van der Waals surface area contributed by atoms with E-state index >= 15 is 0 Å². The van der Waals surface area contributed by atoms with E-state index in [0.29, 0.717) is 17.1 Å². The van der Waals surface area contributed by atoms with Gasteiger partial charge in [-0.05, 0) is 43.5 Å². The molecule has 4 rings (SSSR count). The normalized spacial score (nSPS) is 10.9. The maximum absolute atomic E-state index is 12.3. The molecule has 0 aliphatic heterocycles. The summed E-state index contributed by atoms with van der Waals surface area (Å²) in [6, 6.07) is 27.9. The third-order valence-corrected chi connectivity index (χ3v) is 6.98. The Morgan fingerprint density at radius 3 is 2.23 bits per heavy atom. The first-order valence-corrected chi connectivity index (χ1v) is 13.4. The van der Waals surface area contributed by atoms with Crippen molar-refractivity contribution in [3.63, 3.8) is 0 Å². The van der Waals surface area contributed by atoms with E-state index < -0.39 is 0 Å². The van der Waals surface area contributed by atoms with Crippen LogP contribution in [0.5, 0.6) is 0 Å². The molecule has 1 aromatic heterocycles. The first-order chi connectivity index (χ1) is 17.2. The number of imidazole rings is 1. The Morgan fingerprint density at radius 2 is 1.57 bits per heavy atom. The number of halogens is 1. The van der Waals surface area contributed by atoms with Gasteiger partial charge in [0.1, 0.15) is 0 Å². The molecule has 0 saturated heterocycles. The highest BCUT2D eigenvalue weighted by molar-refractivity contribution is 7.99. The molecule has 35 heavy (non-hydrogen) atoms. The molecule has 0 radical (unpaired) electrons. The van der Waals surface area contributed by atoms with Gasteiger partial charge in [0.2, 0.25) is 0 Å². The number of thioether (sulfide) groups is 1. The zero-order valence-electron chi connectivity index (χ0n) is 19.9. The van der Waals surface area contributed by atoms with Crippen molar-refractivity contribution in [2.24, 2.45) is 0 Å². The SMILES string of the molecule is CCCn1c(SCCCCNC(=O)c2ccc(Cl)cc2)nc(-c2ccccc2)c1-c1ccccc1. The lowest BCUT2D eigenvalue weighted by Gasteiger charge is -2.12. The van der Waals surface area contributed by atoms with E-state index in [1.54, 1.807) is 36.0 Å². The van der Waals surface area contributed by atoms with Crippen LogP contribution in [0.3, 0.4) is 0 Å². The summed E-state index contributed by atoms with van der Waals surface area (Å²) >= 11 is 7.69. The van der Waals surface area contributed by atoms with Gasteiger partial charge < -0.3 is 9.88 Å². The van der Waals surface area contributed by atoms with E-state index in [1.807, 2.05) is 12.1 Å². The number of benzene rings is 3. The number of carbonyl (C=O) groups is 1. The smallest absolute Gasteiger partial charge is 0.251 e. The van der Waals surface area contributed by atoms with Crippen LogP contribution in [0.4, 0.5) is 0 Å². The van der Waals surface area contributed by atoms with Gasteiger partial charge in [-0.15, -0.1) is 0 Å². The zero-order chi connectivity index (χ0) is 24.5. The van der Waals surface area contributed by atoms with Crippen molar-refractivity contribution in [2.45, 2.75) is 37.9 Å². The Balaban J connectivity index is 1.42. The second-order valence-corrected chi connectivity index (χ2v) is 9.79. The van der Waals surface area contributed by atoms with Gasteiger partial charge in [0, 0.05) is 40.6 Å².